The summed E-state index contributed by atoms with van der Waals surface area (Å²) in [6.45, 7) is 0. The lowest BCUT2D eigenvalue weighted by Crippen LogP contribution is -2.00. The molecule has 61 heavy (non-hydrogen) atoms. The Kier molecular flexibility index (Phi) is 9.10. The molecule has 0 aliphatic rings. The molecule has 0 radical (unpaired) electrons. The number of furan rings is 1. The Morgan fingerprint density at radius 2 is 0.705 bits per heavy atom. The molecule has 0 saturated heterocycles. The molecule has 3 heterocycles. The highest BCUT2D eigenvalue weighted by Crippen LogP contribution is 2.47. The third-order valence-corrected chi connectivity index (χ3v) is 11.2. The van der Waals surface area contributed by atoms with E-state index in [1.165, 1.54) is 0 Å². The lowest BCUT2D eigenvalue weighted by atomic mass is 9.94. The van der Waals surface area contributed by atoms with E-state index in [-0.39, 0.29) is 0 Å². The monoisotopic (exact) mass is 780 g/mol. The molecule has 0 bridgehead atoms. The molecule has 0 saturated carbocycles. The van der Waals surface area contributed by atoms with Gasteiger partial charge in [0.25, 0.3) is 0 Å². The molecule has 0 N–H and O–H groups in total. The minimum Gasteiger partial charge on any atom is -0.455 e. The van der Waals surface area contributed by atoms with Gasteiger partial charge < -0.3 is 4.42 Å². The van der Waals surface area contributed by atoms with E-state index in [0.29, 0.717) is 17.5 Å². The average molecular weight is 781 g/mol. The first-order valence-corrected chi connectivity index (χ1v) is 20.4. The highest BCUT2D eigenvalue weighted by Gasteiger charge is 2.25. The van der Waals surface area contributed by atoms with Gasteiger partial charge in [0, 0.05) is 38.8 Å². The van der Waals surface area contributed by atoms with Gasteiger partial charge in [-0.25, -0.2) is 19.9 Å². The van der Waals surface area contributed by atoms with E-state index in [9.17, 15) is 0 Å². The molecule has 0 fully saturated rings. The lowest BCUT2D eigenvalue weighted by Gasteiger charge is -2.12. The summed E-state index contributed by atoms with van der Waals surface area (Å²) in [7, 11) is 0. The zero-order valence-electron chi connectivity index (χ0n) is 33.0. The molecule has 0 spiro atoms. The molecular formula is C56H36N4O. The van der Waals surface area contributed by atoms with Crippen molar-refractivity contribution in [2.24, 2.45) is 0 Å². The van der Waals surface area contributed by atoms with Crippen molar-refractivity contribution in [2.45, 2.75) is 0 Å². The molecule has 3 aromatic heterocycles. The van der Waals surface area contributed by atoms with Crippen molar-refractivity contribution in [3.05, 3.63) is 218 Å². The molecule has 11 rings (SSSR count). The van der Waals surface area contributed by atoms with Gasteiger partial charge in [-0.3, -0.25) is 0 Å². The Morgan fingerprint density at radius 3 is 1.26 bits per heavy atom. The first-order valence-electron chi connectivity index (χ1n) is 20.4. The summed E-state index contributed by atoms with van der Waals surface area (Å²) in [5.41, 5.74) is 13.7. The number of hydrogen-bond acceptors (Lipinski definition) is 5. The van der Waals surface area contributed by atoms with Gasteiger partial charge in [-0.05, 0) is 46.0 Å². The molecule has 286 valence electrons. The largest absolute Gasteiger partial charge is 0.455 e. The summed E-state index contributed by atoms with van der Waals surface area (Å²) >= 11 is 0. The van der Waals surface area contributed by atoms with Crippen LogP contribution in [0.4, 0.5) is 0 Å². The molecule has 0 atom stereocenters. The summed E-state index contributed by atoms with van der Waals surface area (Å²) < 4.78 is 7.02. The molecule has 0 unspecified atom stereocenters. The Bertz CT molecular complexity index is 3210. The molecule has 5 nitrogen and oxygen atoms in total. The highest BCUT2D eigenvalue weighted by molar-refractivity contribution is 6.17. The predicted octanol–water partition coefficient (Wildman–Crippen LogP) is 14.5. The maximum absolute atomic E-state index is 7.02. The highest BCUT2D eigenvalue weighted by atomic mass is 16.3. The molecular weight excluding hydrogens is 745 g/mol. The van der Waals surface area contributed by atoms with Crippen LogP contribution in [0.5, 0.6) is 0 Å². The van der Waals surface area contributed by atoms with Crippen molar-refractivity contribution in [3.8, 4) is 90.1 Å². The summed E-state index contributed by atoms with van der Waals surface area (Å²) in [6.07, 6.45) is 0. The summed E-state index contributed by atoms with van der Waals surface area (Å²) in [5, 5.41) is 1.91. The predicted molar refractivity (Wildman–Crippen MR) is 248 cm³/mol. The normalized spacial score (nSPS) is 11.3. The van der Waals surface area contributed by atoms with Gasteiger partial charge in [-0.15, -0.1) is 0 Å². The topological polar surface area (TPSA) is 64.7 Å². The molecule has 0 amide bonds. The third-order valence-electron chi connectivity index (χ3n) is 11.2. The van der Waals surface area contributed by atoms with Gasteiger partial charge in [-0.2, -0.15) is 0 Å². The van der Waals surface area contributed by atoms with Crippen LogP contribution in [0.2, 0.25) is 0 Å². The van der Waals surface area contributed by atoms with Crippen molar-refractivity contribution < 1.29 is 4.42 Å². The van der Waals surface area contributed by atoms with Crippen molar-refractivity contribution >= 4 is 21.9 Å². The summed E-state index contributed by atoms with van der Waals surface area (Å²) in [4.78, 5) is 20.8. The van der Waals surface area contributed by atoms with Gasteiger partial charge in [0.05, 0.1) is 16.6 Å². The maximum atomic E-state index is 7.02. The van der Waals surface area contributed by atoms with Crippen LogP contribution in [0, 0.1) is 0 Å². The van der Waals surface area contributed by atoms with Crippen LogP contribution in [0.25, 0.3) is 112 Å². The third kappa shape index (κ3) is 6.84. The van der Waals surface area contributed by atoms with Crippen LogP contribution in [0.3, 0.4) is 0 Å². The number of pyridine rings is 1. The van der Waals surface area contributed by atoms with Crippen molar-refractivity contribution in [1.29, 1.82) is 0 Å². The quantitative estimate of drug-likeness (QED) is 0.154. The van der Waals surface area contributed by atoms with E-state index < -0.39 is 0 Å². The van der Waals surface area contributed by atoms with Crippen LogP contribution in [-0.4, -0.2) is 19.9 Å². The zero-order valence-corrected chi connectivity index (χ0v) is 33.0. The smallest absolute Gasteiger partial charge is 0.164 e. The van der Waals surface area contributed by atoms with E-state index in [4.69, 9.17) is 24.4 Å². The fourth-order valence-electron chi connectivity index (χ4n) is 8.12. The Morgan fingerprint density at radius 1 is 0.295 bits per heavy atom. The number of para-hydroxylation sites is 1. The number of benzene rings is 8. The fourth-order valence-corrected chi connectivity index (χ4v) is 8.12. The Balaban J connectivity index is 1.10. The van der Waals surface area contributed by atoms with Crippen LogP contribution < -0.4 is 0 Å². The number of aromatic nitrogens is 4. The molecule has 11 aromatic rings. The average Bonchev–Trinajstić information content (AvgIpc) is 3.76. The number of hydrogen-bond donors (Lipinski definition) is 0. The SMILES string of the molecule is c1ccc(-c2ccc(-c3nc(-c4ccc(-c5ccccc5)cc4)nc(-c4cccc(-c5c(-c6ccccc6)oc6c5c(-c5ccccc5)nc5ccccc56)c4)n3)cc2)cc1. The zero-order chi connectivity index (χ0) is 40.5. The van der Waals surface area contributed by atoms with Gasteiger partial charge >= 0.3 is 0 Å². The van der Waals surface area contributed by atoms with Crippen molar-refractivity contribution in [2.75, 3.05) is 0 Å². The molecule has 0 aliphatic carbocycles. The number of fused-ring (bicyclic) bond motifs is 3. The first-order chi connectivity index (χ1) is 30.2. The van der Waals surface area contributed by atoms with E-state index in [1.54, 1.807) is 0 Å². The van der Waals surface area contributed by atoms with Gasteiger partial charge in [0.2, 0.25) is 0 Å². The van der Waals surface area contributed by atoms with Crippen LogP contribution in [0.1, 0.15) is 0 Å². The second kappa shape index (κ2) is 15.5. The molecule has 8 aromatic carbocycles. The first kappa shape index (κ1) is 35.8. The second-order valence-electron chi connectivity index (χ2n) is 15.0. The Labute approximate surface area is 353 Å². The van der Waals surface area contributed by atoms with Crippen molar-refractivity contribution in [1.82, 2.24) is 19.9 Å². The van der Waals surface area contributed by atoms with Crippen LogP contribution in [0.15, 0.2) is 223 Å². The van der Waals surface area contributed by atoms with Gasteiger partial charge in [0.15, 0.2) is 17.5 Å². The maximum Gasteiger partial charge on any atom is 0.164 e. The molecule has 0 aliphatic heterocycles. The van der Waals surface area contributed by atoms with Crippen molar-refractivity contribution in [3.63, 3.8) is 0 Å². The van der Waals surface area contributed by atoms with Gasteiger partial charge in [0.1, 0.15) is 11.3 Å². The van der Waals surface area contributed by atoms with E-state index in [2.05, 4.69) is 164 Å². The van der Waals surface area contributed by atoms with Crippen LogP contribution in [-0.2, 0) is 0 Å². The molecule has 5 heteroatoms. The lowest BCUT2D eigenvalue weighted by molar-refractivity contribution is 0.636. The number of nitrogens with zero attached hydrogens (tertiary/aromatic N) is 4. The van der Waals surface area contributed by atoms with Gasteiger partial charge in [-0.1, -0.05) is 200 Å². The van der Waals surface area contributed by atoms with Crippen LogP contribution >= 0.6 is 0 Å². The Hall–Kier alpha value is -8.28. The number of rotatable bonds is 8. The minimum absolute atomic E-state index is 0.571. The summed E-state index contributed by atoms with van der Waals surface area (Å²) in [6, 6.07) is 74.9. The van der Waals surface area contributed by atoms with E-state index >= 15 is 0 Å². The summed E-state index contributed by atoms with van der Waals surface area (Å²) in [5.74, 6) is 2.54. The van der Waals surface area contributed by atoms with E-state index in [0.717, 1.165) is 94.5 Å². The van der Waals surface area contributed by atoms with E-state index in [1.807, 2.05) is 54.6 Å². The second-order valence-corrected chi connectivity index (χ2v) is 15.0. The fraction of sp³-hybridized carbons (Fsp3) is 0. The minimum atomic E-state index is 0.571. The standard InChI is InChI=1S/C56H36N4O/c1-5-16-37(17-6-1)39-28-32-43(33-29-39)54-58-55(44-34-30-40(31-35-44)38-18-7-2-8-19-38)60-56(59-54)46-25-15-24-45(36-46)49-50-51(41-20-9-3-10-21-41)57-48-27-14-13-26-47(48)53(50)61-52(49)42-22-11-4-12-23-42/h1-36H.